The van der Waals surface area contributed by atoms with Crippen molar-refractivity contribution in [3.63, 3.8) is 0 Å². The molecule has 0 saturated carbocycles. The van der Waals surface area contributed by atoms with Crippen LogP contribution >= 0.6 is 0 Å². The van der Waals surface area contributed by atoms with E-state index in [2.05, 4.69) is 37.1 Å². The lowest BCUT2D eigenvalue weighted by atomic mass is 9.82. The van der Waals surface area contributed by atoms with Crippen LogP contribution in [-0.4, -0.2) is 35.3 Å². The average molecular weight is 297 g/mol. The van der Waals surface area contributed by atoms with Crippen molar-refractivity contribution in [2.24, 2.45) is 0 Å². The van der Waals surface area contributed by atoms with Crippen molar-refractivity contribution in [2.75, 3.05) is 20.1 Å². The second-order valence-corrected chi connectivity index (χ2v) is 6.06. The molecular weight excluding hydrogens is 274 g/mol. The van der Waals surface area contributed by atoms with Gasteiger partial charge in [0.05, 0.1) is 0 Å². The van der Waals surface area contributed by atoms with Crippen molar-refractivity contribution < 1.29 is 10.2 Å². The molecule has 0 aromatic heterocycles. The van der Waals surface area contributed by atoms with Crippen molar-refractivity contribution in [1.29, 1.82) is 0 Å². The Balaban J connectivity index is 2.02. The van der Waals surface area contributed by atoms with E-state index in [4.69, 9.17) is 0 Å². The minimum absolute atomic E-state index is 0.0151. The van der Waals surface area contributed by atoms with Crippen LogP contribution in [0.25, 0.3) is 11.1 Å². The first-order valence-corrected chi connectivity index (χ1v) is 7.95. The molecule has 116 valence electrons. The molecule has 0 atom stereocenters. The van der Waals surface area contributed by atoms with Gasteiger partial charge in [0.1, 0.15) is 0 Å². The second-order valence-electron chi connectivity index (χ2n) is 6.06. The van der Waals surface area contributed by atoms with Gasteiger partial charge >= 0.3 is 0 Å². The minimum atomic E-state index is -0.0391. The van der Waals surface area contributed by atoms with Gasteiger partial charge in [0, 0.05) is 12.1 Å². The Labute approximate surface area is 131 Å². The normalized spacial score (nSPS) is 13.0. The number of hydrogen-bond donors (Lipinski definition) is 2. The highest BCUT2D eigenvalue weighted by Gasteiger charge is 2.22. The maximum atomic E-state index is 10.3. The number of likely N-dealkylation sites (N-methyl/N-ethyl adjacent to an activating group) is 1. The molecule has 0 radical (unpaired) electrons. The van der Waals surface area contributed by atoms with Gasteiger partial charge in [-0.2, -0.15) is 0 Å². The Morgan fingerprint density at radius 3 is 2.68 bits per heavy atom. The molecule has 3 nitrogen and oxygen atoms in total. The van der Waals surface area contributed by atoms with Crippen LogP contribution in [0.3, 0.4) is 0 Å². The molecule has 2 aromatic rings. The van der Waals surface area contributed by atoms with Gasteiger partial charge in [0.25, 0.3) is 0 Å². The summed E-state index contributed by atoms with van der Waals surface area (Å²) in [5.41, 5.74) is 5.68. The monoisotopic (exact) mass is 297 g/mol. The average Bonchev–Trinajstić information content (AvgIpc) is 2.55. The fraction of sp³-hybridized carbons (Fsp3) is 0.368. The largest absolute Gasteiger partial charge is 0.504 e. The van der Waals surface area contributed by atoms with E-state index in [1.54, 1.807) is 6.07 Å². The molecule has 1 aliphatic carbocycles. The zero-order chi connectivity index (χ0) is 15.7. The molecule has 0 unspecified atom stereocenters. The molecule has 3 heteroatoms. The molecule has 0 saturated heterocycles. The van der Waals surface area contributed by atoms with Gasteiger partial charge in [-0.15, -0.1) is 0 Å². The van der Waals surface area contributed by atoms with Crippen LogP contribution < -0.4 is 0 Å². The predicted octanol–water partition coefficient (Wildman–Crippen LogP) is 3.36. The van der Waals surface area contributed by atoms with Gasteiger partial charge in [-0.1, -0.05) is 31.2 Å². The van der Waals surface area contributed by atoms with Crippen LogP contribution in [0.4, 0.5) is 0 Å². The summed E-state index contributed by atoms with van der Waals surface area (Å²) in [7, 11) is 2.13. The van der Waals surface area contributed by atoms with E-state index < -0.39 is 0 Å². The molecule has 0 heterocycles. The number of fused-ring (bicyclic) bond motifs is 3. The smallest absolute Gasteiger partial charge is 0.165 e. The lowest BCUT2D eigenvalue weighted by Crippen LogP contribution is -2.21. The molecule has 0 fully saturated rings. The SMILES string of the molecule is CCN(C)CCc1cccc2c1CCc1ccc(O)c(O)c1-2. The van der Waals surface area contributed by atoms with Crippen LogP contribution in [0.5, 0.6) is 11.5 Å². The molecule has 0 spiro atoms. The van der Waals surface area contributed by atoms with Crippen LogP contribution in [0, 0.1) is 0 Å². The Kier molecular flexibility index (Phi) is 4.08. The number of phenols is 2. The van der Waals surface area contributed by atoms with Gasteiger partial charge in [-0.3, -0.25) is 0 Å². The van der Waals surface area contributed by atoms with Gasteiger partial charge < -0.3 is 15.1 Å². The topological polar surface area (TPSA) is 43.7 Å². The summed E-state index contributed by atoms with van der Waals surface area (Å²) in [5.74, 6) is -0.0241. The summed E-state index contributed by atoms with van der Waals surface area (Å²) in [4.78, 5) is 2.31. The van der Waals surface area contributed by atoms with Gasteiger partial charge in [0.2, 0.25) is 0 Å². The number of aromatic hydroxyl groups is 2. The summed E-state index contributed by atoms with van der Waals surface area (Å²) in [6.45, 7) is 4.25. The first kappa shape index (κ1) is 14.9. The minimum Gasteiger partial charge on any atom is -0.504 e. The van der Waals surface area contributed by atoms with Crippen LogP contribution in [0.1, 0.15) is 23.6 Å². The Hall–Kier alpha value is -2.00. The number of benzene rings is 2. The van der Waals surface area contributed by atoms with E-state index in [1.165, 1.54) is 11.1 Å². The summed E-state index contributed by atoms with van der Waals surface area (Å²) in [6.07, 6.45) is 2.93. The van der Waals surface area contributed by atoms with Crippen LogP contribution in [-0.2, 0) is 19.3 Å². The fourth-order valence-corrected chi connectivity index (χ4v) is 3.26. The molecule has 1 aliphatic rings. The summed E-state index contributed by atoms with van der Waals surface area (Å²) < 4.78 is 0. The molecular formula is C19H23NO2. The van der Waals surface area contributed by atoms with Crippen LogP contribution in [0.15, 0.2) is 30.3 Å². The zero-order valence-corrected chi connectivity index (χ0v) is 13.3. The molecule has 22 heavy (non-hydrogen) atoms. The number of phenolic OH excluding ortho intramolecular Hbond substituents is 2. The third kappa shape index (κ3) is 2.57. The molecule has 0 aliphatic heterocycles. The Bertz CT molecular complexity index is 694. The van der Waals surface area contributed by atoms with Crippen molar-refractivity contribution >= 4 is 0 Å². The highest BCUT2D eigenvalue weighted by molar-refractivity contribution is 5.81. The number of aryl methyl sites for hydroxylation is 1. The van der Waals surface area contributed by atoms with Crippen molar-refractivity contribution in [3.05, 3.63) is 47.0 Å². The third-order valence-corrected chi connectivity index (χ3v) is 4.73. The van der Waals surface area contributed by atoms with Gasteiger partial charge in [0.15, 0.2) is 11.5 Å². The zero-order valence-electron chi connectivity index (χ0n) is 13.3. The fourth-order valence-electron chi connectivity index (χ4n) is 3.26. The molecule has 0 bridgehead atoms. The summed E-state index contributed by atoms with van der Waals surface area (Å²) in [5, 5.41) is 20.1. The number of rotatable bonds is 4. The number of nitrogens with zero attached hydrogens (tertiary/aromatic N) is 1. The highest BCUT2D eigenvalue weighted by Crippen LogP contribution is 2.44. The molecule has 2 N–H and O–H groups in total. The van der Waals surface area contributed by atoms with E-state index in [-0.39, 0.29) is 11.5 Å². The quantitative estimate of drug-likeness (QED) is 0.851. The first-order chi connectivity index (χ1) is 10.6. The molecule has 2 aromatic carbocycles. The van der Waals surface area contributed by atoms with Crippen molar-refractivity contribution in [1.82, 2.24) is 4.90 Å². The maximum Gasteiger partial charge on any atom is 0.165 e. The van der Waals surface area contributed by atoms with E-state index in [9.17, 15) is 10.2 Å². The Morgan fingerprint density at radius 1 is 1.09 bits per heavy atom. The summed E-state index contributed by atoms with van der Waals surface area (Å²) in [6, 6.07) is 9.80. The van der Waals surface area contributed by atoms with E-state index in [0.717, 1.165) is 49.0 Å². The van der Waals surface area contributed by atoms with E-state index >= 15 is 0 Å². The lowest BCUT2D eigenvalue weighted by molar-refractivity contribution is 0.357. The maximum absolute atomic E-state index is 10.3. The van der Waals surface area contributed by atoms with E-state index in [1.807, 2.05) is 6.07 Å². The predicted molar refractivity (Wildman–Crippen MR) is 89.5 cm³/mol. The van der Waals surface area contributed by atoms with E-state index in [0.29, 0.717) is 0 Å². The summed E-state index contributed by atoms with van der Waals surface area (Å²) >= 11 is 0. The van der Waals surface area contributed by atoms with Crippen molar-refractivity contribution in [2.45, 2.75) is 26.2 Å². The van der Waals surface area contributed by atoms with Crippen molar-refractivity contribution in [3.8, 4) is 22.6 Å². The van der Waals surface area contributed by atoms with Crippen LogP contribution in [0.2, 0.25) is 0 Å². The molecule has 3 rings (SSSR count). The third-order valence-electron chi connectivity index (χ3n) is 4.73. The first-order valence-electron chi connectivity index (χ1n) is 7.95. The second kappa shape index (κ2) is 6.01. The standard InChI is InChI=1S/C19H23NO2/c1-3-20(2)12-11-13-5-4-6-16-15(13)9-7-14-8-10-17(21)19(22)18(14)16/h4-6,8,10,21-22H,3,7,9,11-12H2,1-2H3. The van der Waals surface area contributed by atoms with Gasteiger partial charge in [-0.05, 0) is 61.2 Å². The van der Waals surface area contributed by atoms with Gasteiger partial charge in [-0.25, -0.2) is 0 Å². The lowest BCUT2D eigenvalue weighted by Gasteiger charge is -2.24. The highest BCUT2D eigenvalue weighted by atomic mass is 16.3. The Morgan fingerprint density at radius 2 is 1.91 bits per heavy atom. The number of hydrogen-bond acceptors (Lipinski definition) is 3. The molecule has 0 amide bonds.